The van der Waals surface area contributed by atoms with Crippen molar-refractivity contribution in [3.05, 3.63) is 40.7 Å². The number of hydrogen-bond acceptors (Lipinski definition) is 4. The van der Waals surface area contributed by atoms with Crippen molar-refractivity contribution in [1.29, 1.82) is 0 Å². The maximum atomic E-state index is 12.7. The second kappa shape index (κ2) is 5.86. The molecule has 4 rings (SSSR count). The highest BCUT2D eigenvalue weighted by atomic mass is 19.3. The predicted octanol–water partition coefficient (Wildman–Crippen LogP) is 2.57. The molecule has 1 aliphatic carbocycles. The molecule has 2 aliphatic rings. The lowest BCUT2D eigenvalue weighted by Gasteiger charge is -2.40. The van der Waals surface area contributed by atoms with Gasteiger partial charge in [0.2, 0.25) is 0 Å². The van der Waals surface area contributed by atoms with Gasteiger partial charge in [-0.05, 0) is 44.2 Å². The molecule has 0 saturated carbocycles. The summed E-state index contributed by atoms with van der Waals surface area (Å²) in [5.41, 5.74) is 1.76. The van der Waals surface area contributed by atoms with E-state index in [1.807, 2.05) is 13.1 Å². The third-order valence-electron chi connectivity index (χ3n) is 5.28. The molecule has 132 valence electrons. The summed E-state index contributed by atoms with van der Waals surface area (Å²) in [6, 6.07) is 1.14. The molecule has 1 atom stereocenters. The Bertz CT molecular complexity index is 817. The lowest BCUT2D eigenvalue weighted by Crippen LogP contribution is -2.48. The topological polar surface area (TPSA) is 74.8 Å². The van der Waals surface area contributed by atoms with E-state index in [0.717, 1.165) is 48.8 Å². The van der Waals surface area contributed by atoms with Gasteiger partial charge < -0.3 is 4.90 Å². The van der Waals surface area contributed by atoms with Crippen LogP contribution in [0, 0.1) is 6.92 Å². The summed E-state index contributed by atoms with van der Waals surface area (Å²) in [5, 5.41) is 6.01. The van der Waals surface area contributed by atoms with Gasteiger partial charge in [0.15, 0.2) is 5.69 Å². The number of aromatic amines is 1. The number of fused-ring (bicyclic) bond motifs is 2. The largest absolute Gasteiger partial charge is 0.336 e. The van der Waals surface area contributed by atoms with Gasteiger partial charge in [-0.3, -0.25) is 9.89 Å². The van der Waals surface area contributed by atoms with Crippen LogP contribution < -0.4 is 0 Å². The van der Waals surface area contributed by atoms with Crippen molar-refractivity contribution in [2.45, 2.75) is 44.4 Å². The Balaban J connectivity index is 1.60. The number of amides is 1. The van der Waals surface area contributed by atoms with Crippen LogP contribution in [-0.2, 0) is 11.8 Å². The van der Waals surface area contributed by atoms with Crippen molar-refractivity contribution in [3.8, 4) is 0 Å². The van der Waals surface area contributed by atoms with Crippen molar-refractivity contribution in [2.24, 2.45) is 0 Å². The Hall–Kier alpha value is -2.38. The van der Waals surface area contributed by atoms with Gasteiger partial charge in [-0.25, -0.2) is 18.7 Å². The van der Waals surface area contributed by atoms with Crippen LogP contribution in [0.15, 0.2) is 12.3 Å². The van der Waals surface area contributed by atoms with Crippen molar-refractivity contribution < 1.29 is 13.6 Å². The summed E-state index contributed by atoms with van der Waals surface area (Å²) in [4.78, 5) is 23.4. The van der Waals surface area contributed by atoms with Crippen LogP contribution in [0.5, 0.6) is 0 Å². The van der Waals surface area contributed by atoms with E-state index in [1.165, 1.54) is 0 Å². The lowest BCUT2D eigenvalue weighted by molar-refractivity contribution is 0.0627. The van der Waals surface area contributed by atoms with E-state index in [4.69, 9.17) is 0 Å². The van der Waals surface area contributed by atoms with Gasteiger partial charge in [-0.1, -0.05) is 0 Å². The summed E-state index contributed by atoms with van der Waals surface area (Å²) >= 11 is 0. The standard InChI is InChI=1S/C17H19F2N5O/c1-10-20-8-11-3-5-17(14(11)21-10)4-2-6-24(9-17)16(25)13-7-12(15(18)19)22-23-13/h7-8,15H,2-6,9H2,1H3,(H,22,23). The Morgan fingerprint density at radius 3 is 3.00 bits per heavy atom. The Morgan fingerprint density at radius 2 is 2.24 bits per heavy atom. The highest BCUT2D eigenvalue weighted by Gasteiger charge is 2.45. The Labute approximate surface area is 143 Å². The fourth-order valence-corrected chi connectivity index (χ4v) is 4.05. The number of nitrogens with one attached hydrogen (secondary N) is 1. The van der Waals surface area contributed by atoms with Crippen LogP contribution in [0.4, 0.5) is 8.78 Å². The third kappa shape index (κ3) is 2.69. The molecule has 8 heteroatoms. The Morgan fingerprint density at radius 1 is 1.40 bits per heavy atom. The zero-order valence-electron chi connectivity index (χ0n) is 13.9. The SMILES string of the molecule is Cc1ncc2c(n1)C1(CCCN(C(=O)c3cc(C(F)F)[nH]n3)C1)CC2. The monoisotopic (exact) mass is 347 g/mol. The minimum Gasteiger partial charge on any atom is -0.336 e. The number of likely N-dealkylation sites (tertiary alicyclic amines) is 1. The average Bonchev–Trinajstić information content (AvgIpc) is 3.21. The van der Waals surface area contributed by atoms with Crippen molar-refractivity contribution in [3.63, 3.8) is 0 Å². The first-order valence-electron chi connectivity index (χ1n) is 8.44. The molecule has 0 bridgehead atoms. The number of piperidine rings is 1. The molecule has 1 saturated heterocycles. The quantitative estimate of drug-likeness (QED) is 0.906. The summed E-state index contributed by atoms with van der Waals surface area (Å²) in [5.74, 6) is 0.429. The normalized spacial score (nSPS) is 22.6. The fourth-order valence-electron chi connectivity index (χ4n) is 4.05. The first-order chi connectivity index (χ1) is 12.0. The number of carbonyl (C=O) groups is 1. The number of nitrogens with zero attached hydrogens (tertiary/aromatic N) is 4. The second-order valence-electron chi connectivity index (χ2n) is 6.91. The molecule has 1 unspecified atom stereocenters. The molecule has 2 aromatic rings. The number of alkyl halides is 2. The number of H-pyrrole nitrogens is 1. The van der Waals surface area contributed by atoms with Gasteiger partial charge in [0.1, 0.15) is 11.5 Å². The van der Waals surface area contributed by atoms with E-state index < -0.39 is 6.43 Å². The van der Waals surface area contributed by atoms with E-state index in [1.54, 1.807) is 4.90 Å². The number of aryl methyl sites for hydroxylation is 2. The van der Waals surface area contributed by atoms with Crippen LogP contribution in [0.2, 0.25) is 0 Å². The number of hydrogen-bond donors (Lipinski definition) is 1. The predicted molar refractivity (Wildman–Crippen MR) is 85.5 cm³/mol. The number of rotatable bonds is 2. The maximum Gasteiger partial charge on any atom is 0.279 e. The van der Waals surface area contributed by atoms with Gasteiger partial charge in [-0.2, -0.15) is 5.10 Å². The molecule has 1 amide bonds. The van der Waals surface area contributed by atoms with E-state index in [-0.39, 0.29) is 22.7 Å². The van der Waals surface area contributed by atoms with Crippen molar-refractivity contribution in [2.75, 3.05) is 13.1 Å². The minimum atomic E-state index is -2.66. The zero-order chi connectivity index (χ0) is 17.6. The van der Waals surface area contributed by atoms with Crippen LogP contribution in [0.3, 0.4) is 0 Å². The number of halogens is 2. The van der Waals surface area contributed by atoms with Crippen LogP contribution in [0.1, 0.15) is 59.0 Å². The highest BCUT2D eigenvalue weighted by Crippen LogP contribution is 2.44. The molecular weight excluding hydrogens is 328 g/mol. The molecular formula is C17H19F2N5O. The molecule has 0 radical (unpaired) electrons. The van der Waals surface area contributed by atoms with E-state index in [0.29, 0.717) is 13.1 Å². The highest BCUT2D eigenvalue weighted by molar-refractivity contribution is 5.92. The summed E-state index contributed by atoms with van der Waals surface area (Å²) in [6.45, 7) is 3.02. The molecule has 1 fully saturated rings. The molecule has 1 spiro atoms. The van der Waals surface area contributed by atoms with Gasteiger partial charge in [-0.15, -0.1) is 0 Å². The van der Waals surface area contributed by atoms with E-state index in [2.05, 4.69) is 20.2 Å². The zero-order valence-corrected chi connectivity index (χ0v) is 13.9. The molecule has 25 heavy (non-hydrogen) atoms. The number of carbonyl (C=O) groups excluding carboxylic acids is 1. The molecule has 1 N–H and O–H groups in total. The summed E-state index contributed by atoms with van der Waals surface area (Å²) in [7, 11) is 0. The van der Waals surface area contributed by atoms with Crippen LogP contribution in [-0.4, -0.2) is 44.1 Å². The third-order valence-corrected chi connectivity index (χ3v) is 5.28. The van der Waals surface area contributed by atoms with E-state index in [9.17, 15) is 13.6 Å². The van der Waals surface area contributed by atoms with Gasteiger partial charge in [0.05, 0.1) is 5.69 Å². The minimum absolute atomic E-state index is 0.0458. The molecule has 1 aliphatic heterocycles. The van der Waals surface area contributed by atoms with E-state index >= 15 is 0 Å². The van der Waals surface area contributed by atoms with Crippen molar-refractivity contribution in [1.82, 2.24) is 25.1 Å². The van der Waals surface area contributed by atoms with Gasteiger partial charge >= 0.3 is 0 Å². The smallest absolute Gasteiger partial charge is 0.279 e. The molecule has 0 aromatic carbocycles. The molecule has 2 aromatic heterocycles. The maximum absolute atomic E-state index is 12.7. The first kappa shape index (κ1) is 16.1. The summed E-state index contributed by atoms with van der Waals surface area (Å²) < 4.78 is 25.4. The van der Waals surface area contributed by atoms with Crippen LogP contribution in [0.25, 0.3) is 0 Å². The van der Waals surface area contributed by atoms with Crippen molar-refractivity contribution >= 4 is 5.91 Å². The first-order valence-corrected chi connectivity index (χ1v) is 8.44. The lowest BCUT2D eigenvalue weighted by atomic mass is 9.77. The van der Waals surface area contributed by atoms with Gasteiger partial charge in [0, 0.05) is 24.7 Å². The summed E-state index contributed by atoms with van der Waals surface area (Å²) in [6.07, 6.45) is 2.91. The Kier molecular flexibility index (Phi) is 3.77. The number of aromatic nitrogens is 4. The average molecular weight is 347 g/mol. The fraction of sp³-hybridized carbons (Fsp3) is 0.529. The van der Waals surface area contributed by atoms with Crippen LogP contribution >= 0.6 is 0 Å². The molecule has 3 heterocycles. The molecule has 6 nitrogen and oxygen atoms in total. The second-order valence-corrected chi connectivity index (χ2v) is 6.91. The van der Waals surface area contributed by atoms with Gasteiger partial charge in [0.25, 0.3) is 12.3 Å².